The Morgan fingerprint density at radius 3 is 2.80 bits per heavy atom. The molecule has 2 aromatic heterocycles. The van der Waals surface area contributed by atoms with Gasteiger partial charge in [0.1, 0.15) is 0 Å². The number of pyridine rings is 1. The lowest BCUT2D eigenvalue weighted by Crippen LogP contribution is -2.24. The lowest BCUT2D eigenvalue weighted by molar-refractivity contribution is -0.116. The molecule has 3 rings (SSSR count). The van der Waals surface area contributed by atoms with E-state index in [0.717, 1.165) is 5.69 Å². The number of carbonyl (C=O) groups excluding carboxylic acids is 1. The molecular weight excluding hydrogens is 342 g/mol. The van der Waals surface area contributed by atoms with Crippen LogP contribution in [0.15, 0.2) is 47.4 Å². The van der Waals surface area contributed by atoms with Crippen LogP contribution in [0.3, 0.4) is 0 Å². The van der Waals surface area contributed by atoms with Gasteiger partial charge in [-0.05, 0) is 30.3 Å². The molecule has 0 radical (unpaired) electrons. The summed E-state index contributed by atoms with van der Waals surface area (Å²) in [7, 11) is 3.77. The first-order valence-electron chi connectivity index (χ1n) is 7.76. The van der Waals surface area contributed by atoms with Crippen LogP contribution in [-0.4, -0.2) is 34.2 Å². The molecule has 0 aliphatic carbocycles. The summed E-state index contributed by atoms with van der Waals surface area (Å²) in [4.78, 5) is 26.4. The van der Waals surface area contributed by atoms with Crippen molar-refractivity contribution in [2.75, 3.05) is 24.3 Å². The number of halogens is 1. The topological polar surface area (TPSA) is 71.6 Å². The van der Waals surface area contributed by atoms with Gasteiger partial charge in [0.2, 0.25) is 5.91 Å². The number of aromatic nitrogens is 3. The molecule has 0 atom stereocenters. The summed E-state index contributed by atoms with van der Waals surface area (Å²) in [6.45, 7) is 0.199. The number of amides is 1. The lowest BCUT2D eigenvalue weighted by Gasteiger charge is -2.18. The van der Waals surface area contributed by atoms with Gasteiger partial charge in [0.05, 0.1) is 17.9 Å². The van der Waals surface area contributed by atoms with Crippen LogP contribution in [0.5, 0.6) is 0 Å². The number of aryl methyl sites for hydroxylation is 1. The molecule has 3 aromatic rings. The van der Waals surface area contributed by atoms with Crippen molar-refractivity contribution in [3.63, 3.8) is 0 Å². The monoisotopic (exact) mass is 359 g/mol. The summed E-state index contributed by atoms with van der Waals surface area (Å²) in [5.74, 6) is -0.214. The van der Waals surface area contributed by atoms with Crippen LogP contribution >= 0.6 is 11.6 Å². The smallest absolute Gasteiger partial charge is 0.350 e. The predicted molar refractivity (Wildman–Crippen MR) is 98.5 cm³/mol. The number of nitrogens with zero attached hydrogens (tertiary/aromatic N) is 4. The number of rotatable bonds is 5. The van der Waals surface area contributed by atoms with E-state index >= 15 is 0 Å². The van der Waals surface area contributed by atoms with Crippen LogP contribution in [0.1, 0.15) is 6.42 Å². The number of nitrogens with one attached hydrogen (secondary N) is 1. The van der Waals surface area contributed by atoms with E-state index in [1.165, 1.54) is 9.08 Å². The molecule has 0 aliphatic heterocycles. The standard InChI is InChI=1S/C17H18ClN5O2/c1-21(2)14-7-6-12(18)11-13(14)19-16(24)8-10-23-17(25)22-9-4-3-5-15(22)20-23/h3-7,9,11H,8,10H2,1-2H3,(H,19,24). The van der Waals surface area contributed by atoms with Gasteiger partial charge in [0.15, 0.2) is 5.65 Å². The van der Waals surface area contributed by atoms with E-state index < -0.39 is 0 Å². The first kappa shape index (κ1) is 17.0. The second-order valence-electron chi connectivity index (χ2n) is 5.79. The molecule has 0 unspecified atom stereocenters. The van der Waals surface area contributed by atoms with Gasteiger partial charge in [-0.25, -0.2) is 9.48 Å². The third-order valence-electron chi connectivity index (χ3n) is 3.75. The fourth-order valence-corrected chi connectivity index (χ4v) is 2.70. The maximum Gasteiger partial charge on any atom is 0.350 e. The molecular formula is C17H18ClN5O2. The summed E-state index contributed by atoms with van der Waals surface area (Å²) in [6.07, 6.45) is 1.78. The highest BCUT2D eigenvalue weighted by atomic mass is 35.5. The fraction of sp³-hybridized carbons (Fsp3) is 0.235. The van der Waals surface area contributed by atoms with E-state index in [9.17, 15) is 9.59 Å². The van der Waals surface area contributed by atoms with Crippen molar-refractivity contribution >= 4 is 34.5 Å². The summed E-state index contributed by atoms with van der Waals surface area (Å²) < 4.78 is 2.73. The maximum absolute atomic E-state index is 12.3. The maximum atomic E-state index is 12.3. The van der Waals surface area contributed by atoms with E-state index in [1.54, 1.807) is 36.5 Å². The second-order valence-corrected chi connectivity index (χ2v) is 6.23. The van der Waals surface area contributed by atoms with Gasteiger partial charge in [0, 0.05) is 31.7 Å². The fourth-order valence-electron chi connectivity index (χ4n) is 2.53. The molecule has 0 aliphatic rings. The molecule has 0 bridgehead atoms. The highest BCUT2D eigenvalue weighted by Crippen LogP contribution is 2.27. The van der Waals surface area contributed by atoms with Gasteiger partial charge >= 0.3 is 5.69 Å². The average molecular weight is 360 g/mol. The van der Waals surface area contributed by atoms with Crippen molar-refractivity contribution in [1.29, 1.82) is 0 Å². The van der Waals surface area contributed by atoms with Crippen molar-refractivity contribution < 1.29 is 4.79 Å². The molecule has 130 valence electrons. The Bertz CT molecular complexity index is 977. The van der Waals surface area contributed by atoms with Gasteiger partial charge in [-0.15, -0.1) is 5.10 Å². The Hall–Kier alpha value is -2.80. The molecule has 1 aromatic carbocycles. The Morgan fingerprint density at radius 1 is 1.28 bits per heavy atom. The predicted octanol–water partition coefficient (Wildman–Crippen LogP) is 2.24. The van der Waals surface area contributed by atoms with Crippen LogP contribution in [0, 0.1) is 0 Å². The van der Waals surface area contributed by atoms with Crippen LogP contribution in [0.2, 0.25) is 5.02 Å². The molecule has 7 nitrogen and oxygen atoms in total. The summed E-state index contributed by atoms with van der Waals surface area (Å²) in [6, 6.07) is 10.6. The Kier molecular flexibility index (Phi) is 4.76. The highest BCUT2D eigenvalue weighted by molar-refractivity contribution is 6.31. The van der Waals surface area contributed by atoms with Gasteiger partial charge < -0.3 is 10.2 Å². The number of hydrogen-bond donors (Lipinski definition) is 1. The Labute approximate surface area is 149 Å². The Balaban J connectivity index is 1.72. The number of fused-ring (bicyclic) bond motifs is 1. The summed E-state index contributed by atoms with van der Waals surface area (Å²) in [5.41, 5.74) is 1.77. The minimum absolute atomic E-state index is 0.128. The van der Waals surface area contributed by atoms with E-state index in [-0.39, 0.29) is 24.6 Å². The van der Waals surface area contributed by atoms with E-state index in [4.69, 9.17) is 11.6 Å². The molecule has 0 fully saturated rings. The molecule has 25 heavy (non-hydrogen) atoms. The first-order chi connectivity index (χ1) is 12.0. The molecule has 0 saturated carbocycles. The number of anilines is 2. The van der Waals surface area contributed by atoms with Crippen LogP contribution in [-0.2, 0) is 11.3 Å². The minimum Gasteiger partial charge on any atom is -0.376 e. The SMILES string of the molecule is CN(C)c1ccc(Cl)cc1NC(=O)CCn1nc2ccccn2c1=O. The van der Waals surface area contributed by atoms with Gasteiger partial charge in [-0.3, -0.25) is 9.20 Å². The molecule has 1 amide bonds. The quantitative estimate of drug-likeness (QED) is 0.758. The van der Waals surface area contributed by atoms with Crippen LogP contribution in [0.4, 0.5) is 11.4 Å². The zero-order valence-corrected chi connectivity index (χ0v) is 14.7. The van der Waals surface area contributed by atoms with Crippen molar-refractivity contribution in [3.8, 4) is 0 Å². The second kappa shape index (κ2) is 6.98. The lowest BCUT2D eigenvalue weighted by atomic mass is 10.2. The number of benzene rings is 1. The van der Waals surface area contributed by atoms with Crippen molar-refractivity contribution in [2.24, 2.45) is 0 Å². The zero-order chi connectivity index (χ0) is 18.0. The largest absolute Gasteiger partial charge is 0.376 e. The zero-order valence-electron chi connectivity index (χ0n) is 13.9. The molecule has 8 heteroatoms. The molecule has 0 spiro atoms. The van der Waals surface area contributed by atoms with Gasteiger partial charge in [-0.2, -0.15) is 0 Å². The highest BCUT2D eigenvalue weighted by Gasteiger charge is 2.11. The molecule has 2 heterocycles. The number of hydrogen-bond acceptors (Lipinski definition) is 4. The third-order valence-corrected chi connectivity index (χ3v) is 3.99. The normalized spacial score (nSPS) is 10.8. The summed E-state index contributed by atoms with van der Waals surface area (Å²) in [5, 5.41) is 7.59. The molecule has 0 saturated heterocycles. The van der Waals surface area contributed by atoms with Crippen LogP contribution < -0.4 is 15.9 Å². The average Bonchev–Trinajstić information content (AvgIpc) is 2.89. The molecule has 1 N–H and O–H groups in total. The number of carbonyl (C=O) groups is 1. The van der Waals surface area contributed by atoms with Gasteiger partial charge in [-0.1, -0.05) is 17.7 Å². The third kappa shape index (κ3) is 3.66. The van der Waals surface area contributed by atoms with E-state index in [0.29, 0.717) is 16.4 Å². The van der Waals surface area contributed by atoms with E-state index in [2.05, 4.69) is 10.4 Å². The van der Waals surface area contributed by atoms with Crippen molar-refractivity contribution in [3.05, 3.63) is 58.1 Å². The van der Waals surface area contributed by atoms with Crippen molar-refractivity contribution in [2.45, 2.75) is 13.0 Å². The summed E-state index contributed by atoms with van der Waals surface area (Å²) >= 11 is 6.02. The first-order valence-corrected chi connectivity index (χ1v) is 8.14. The van der Waals surface area contributed by atoms with Crippen molar-refractivity contribution in [1.82, 2.24) is 14.2 Å². The Morgan fingerprint density at radius 2 is 2.08 bits per heavy atom. The van der Waals surface area contributed by atoms with Gasteiger partial charge in [0.25, 0.3) is 0 Å². The van der Waals surface area contributed by atoms with E-state index in [1.807, 2.05) is 25.1 Å². The van der Waals surface area contributed by atoms with Crippen LogP contribution in [0.25, 0.3) is 5.65 Å². The minimum atomic E-state index is -0.264.